The molecular formula is C30H29ClN2O6. The van der Waals surface area contributed by atoms with Crippen LogP contribution in [-0.4, -0.2) is 38.2 Å². The topological polar surface area (TPSA) is 94.2 Å². The molecule has 4 amide bonds. The molecule has 0 radical (unpaired) electrons. The molecule has 4 rings (SSSR count). The Kier molecular flexibility index (Phi) is 8.88. The quantitative estimate of drug-likeness (QED) is 0.190. The van der Waals surface area contributed by atoms with Crippen molar-refractivity contribution in [1.29, 1.82) is 0 Å². The summed E-state index contributed by atoms with van der Waals surface area (Å²) in [6, 6.07) is 18.3. The van der Waals surface area contributed by atoms with Gasteiger partial charge in [-0.2, -0.15) is 0 Å². The number of hydrogen-bond donors (Lipinski definition) is 1. The van der Waals surface area contributed by atoms with Gasteiger partial charge in [0.1, 0.15) is 36.0 Å². The average Bonchev–Trinajstić information content (AvgIpc) is 2.94. The number of nitrogens with one attached hydrogen (secondary N) is 1. The Morgan fingerprint density at radius 3 is 2.26 bits per heavy atom. The average molecular weight is 549 g/mol. The van der Waals surface area contributed by atoms with Gasteiger partial charge in [-0.25, -0.2) is 9.69 Å². The number of methoxy groups -OCH3 is 1. The van der Waals surface area contributed by atoms with E-state index >= 15 is 0 Å². The van der Waals surface area contributed by atoms with Crippen LogP contribution >= 0.6 is 11.6 Å². The maximum atomic E-state index is 13.3. The van der Waals surface area contributed by atoms with Crippen molar-refractivity contribution in [2.75, 3.05) is 25.2 Å². The van der Waals surface area contributed by atoms with Crippen LogP contribution in [0.15, 0.2) is 72.3 Å². The van der Waals surface area contributed by atoms with E-state index < -0.39 is 17.8 Å². The summed E-state index contributed by atoms with van der Waals surface area (Å²) in [4.78, 5) is 39.3. The van der Waals surface area contributed by atoms with Crippen molar-refractivity contribution in [2.45, 2.75) is 26.2 Å². The molecule has 3 aromatic rings. The molecule has 0 aromatic heterocycles. The number of hydrogen-bond acceptors (Lipinski definition) is 6. The van der Waals surface area contributed by atoms with Crippen LogP contribution in [-0.2, 0) is 9.59 Å². The Bertz CT molecular complexity index is 1390. The fraction of sp³-hybridized carbons (Fsp3) is 0.233. The van der Waals surface area contributed by atoms with E-state index in [1.807, 2.05) is 12.1 Å². The van der Waals surface area contributed by atoms with Gasteiger partial charge in [0.2, 0.25) is 0 Å². The molecule has 0 aliphatic carbocycles. The lowest BCUT2D eigenvalue weighted by atomic mass is 9.99. The predicted octanol–water partition coefficient (Wildman–Crippen LogP) is 5.99. The summed E-state index contributed by atoms with van der Waals surface area (Å²) < 4.78 is 16.8. The number of barbiturate groups is 1. The first-order valence-corrected chi connectivity index (χ1v) is 12.9. The van der Waals surface area contributed by atoms with E-state index in [1.54, 1.807) is 42.5 Å². The third-order valence-electron chi connectivity index (χ3n) is 6.38. The van der Waals surface area contributed by atoms with Gasteiger partial charge in [0, 0.05) is 10.6 Å². The number of carbonyl (C=O) groups excluding carboxylic acids is 3. The van der Waals surface area contributed by atoms with E-state index in [0.29, 0.717) is 28.0 Å². The lowest BCUT2D eigenvalue weighted by Gasteiger charge is -2.26. The van der Waals surface area contributed by atoms with Gasteiger partial charge < -0.3 is 14.2 Å². The maximum absolute atomic E-state index is 13.3. The summed E-state index contributed by atoms with van der Waals surface area (Å²) in [6.45, 7) is 4.82. The number of benzene rings is 3. The van der Waals surface area contributed by atoms with E-state index in [1.165, 1.54) is 18.7 Å². The van der Waals surface area contributed by atoms with Gasteiger partial charge in [0.25, 0.3) is 11.8 Å². The number of amides is 4. The molecular weight excluding hydrogens is 520 g/mol. The monoisotopic (exact) mass is 548 g/mol. The van der Waals surface area contributed by atoms with Gasteiger partial charge >= 0.3 is 6.03 Å². The molecule has 1 saturated heterocycles. The third kappa shape index (κ3) is 6.59. The number of ether oxygens (including phenoxy) is 3. The normalized spacial score (nSPS) is 15.2. The number of carbonyl (C=O) groups is 3. The number of imide groups is 2. The molecule has 0 unspecified atom stereocenters. The fourth-order valence-corrected chi connectivity index (χ4v) is 4.16. The molecule has 9 heteroatoms. The molecule has 1 heterocycles. The Morgan fingerprint density at radius 2 is 1.59 bits per heavy atom. The lowest BCUT2D eigenvalue weighted by Crippen LogP contribution is -2.54. The van der Waals surface area contributed by atoms with Crippen LogP contribution in [0.2, 0.25) is 5.02 Å². The fourth-order valence-electron chi connectivity index (χ4n) is 3.98. The van der Waals surface area contributed by atoms with E-state index in [-0.39, 0.29) is 24.5 Å². The number of urea groups is 1. The van der Waals surface area contributed by atoms with Crippen LogP contribution in [0, 0.1) is 0 Å². The van der Waals surface area contributed by atoms with Crippen molar-refractivity contribution in [2.24, 2.45) is 0 Å². The highest BCUT2D eigenvalue weighted by Gasteiger charge is 2.37. The number of anilines is 1. The molecule has 1 N–H and O–H groups in total. The summed E-state index contributed by atoms with van der Waals surface area (Å²) in [7, 11) is 1.51. The minimum absolute atomic E-state index is 0.210. The summed E-state index contributed by atoms with van der Waals surface area (Å²) in [5, 5.41) is 2.60. The molecule has 1 aliphatic rings. The third-order valence-corrected chi connectivity index (χ3v) is 6.61. The molecule has 0 spiro atoms. The zero-order valence-electron chi connectivity index (χ0n) is 21.9. The number of halogens is 1. The smallest absolute Gasteiger partial charge is 0.335 e. The molecule has 0 saturated carbocycles. The highest BCUT2D eigenvalue weighted by molar-refractivity contribution is 6.39. The Labute approximate surface area is 232 Å². The van der Waals surface area contributed by atoms with Crippen LogP contribution in [0.3, 0.4) is 0 Å². The van der Waals surface area contributed by atoms with Crippen LogP contribution in [0.1, 0.15) is 37.3 Å². The molecule has 0 bridgehead atoms. The second-order valence-electron chi connectivity index (χ2n) is 8.91. The van der Waals surface area contributed by atoms with Gasteiger partial charge in [-0.1, -0.05) is 37.6 Å². The van der Waals surface area contributed by atoms with Crippen molar-refractivity contribution in [1.82, 2.24) is 5.32 Å². The number of nitrogens with zero attached hydrogens (tertiary/aromatic N) is 1. The number of rotatable bonds is 10. The van der Waals surface area contributed by atoms with Crippen molar-refractivity contribution < 1.29 is 28.6 Å². The largest absolute Gasteiger partial charge is 0.497 e. The molecule has 8 nitrogen and oxygen atoms in total. The maximum Gasteiger partial charge on any atom is 0.335 e. The summed E-state index contributed by atoms with van der Waals surface area (Å²) in [6.07, 6.45) is 2.42. The molecule has 1 fully saturated rings. The standard InChI is InChI=1S/C30H29ClN2O6/c1-4-19(2)20-5-10-25(11-6-20)38-15-16-39-27-14-7-22(31)17-21(27)18-26-28(34)32-30(36)33(29(26)35)23-8-12-24(37-3)13-9-23/h5-14,17-19H,4,15-16H2,1-3H3,(H,32,34,36)/b26-18-/t19-/m0/s1. The zero-order valence-corrected chi connectivity index (χ0v) is 22.7. The molecule has 1 aliphatic heterocycles. The van der Waals surface area contributed by atoms with Crippen LogP contribution in [0.25, 0.3) is 6.08 Å². The van der Waals surface area contributed by atoms with Crippen molar-refractivity contribution in [3.8, 4) is 17.2 Å². The minimum atomic E-state index is -0.843. The van der Waals surface area contributed by atoms with Crippen LogP contribution in [0.5, 0.6) is 17.2 Å². The molecule has 3 aromatic carbocycles. The van der Waals surface area contributed by atoms with E-state index in [2.05, 4.69) is 31.3 Å². The van der Waals surface area contributed by atoms with Gasteiger partial charge in [0.15, 0.2) is 0 Å². The second kappa shape index (κ2) is 12.5. The minimum Gasteiger partial charge on any atom is -0.497 e. The summed E-state index contributed by atoms with van der Waals surface area (Å²) in [5.41, 5.74) is 1.71. The van der Waals surface area contributed by atoms with Crippen molar-refractivity contribution in [3.63, 3.8) is 0 Å². The van der Waals surface area contributed by atoms with Gasteiger partial charge in [0.05, 0.1) is 12.8 Å². The first kappa shape index (κ1) is 27.7. The van der Waals surface area contributed by atoms with Gasteiger partial charge in [-0.05, 0) is 78.6 Å². The first-order valence-electron chi connectivity index (χ1n) is 12.5. The molecule has 202 valence electrons. The molecule has 1 atom stereocenters. The van der Waals surface area contributed by atoms with E-state index in [9.17, 15) is 14.4 Å². The van der Waals surface area contributed by atoms with Gasteiger partial charge in [-0.15, -0.1) is 0 Å². The Morgan fingerprint density at radius 1 is 0.923 bits per heavy atom. The van der Waals surface area contributed by atoms with E-state index in [4.69, 9.17) is 25.8 Å². The lowest BCUT2D eigenvalue weighted by molar-refractivity contribution is -0.122. The van der Waals surface area contributed by atoms with Gasteiger partial charge in [-0.3, -0.25) is 14.9 Å². The van der Waals surface area contributed by atoms with Crippen LogP contribution < -0.4 is 24.4 Å². The first-order chi connectivity index (χ1) is 18.8. The SMILES string of the molecule is CC[C@H](C)c1ccc(OCCOc2ccc(Cl)cc2/C=C2/C(=O)NC(=O)N(c3ccc(OC)cc3)C2=O)cc1. The van der Waals surface area contributed by atoms with Crippen molar-refractivity contribution in [3.05, 3.63) is 88.5 Å². The Balaban J connectivity index is 1.48. The summed E-state index contributed by atoms with van der Waals surface area (Å²) in [5.74, 6) is 0.587. The highest BCUT2D eigenvalue weighted by atomic mass is 35.5. The Hall–Kier alpha value is -4.30. The zero-order chi connectivity index (χ0) is 27.9. The highest BCUT2D eigenvalue weighted by Crippen LogP contribution is 2.29. The van der Waals surface area contributed by atoms with Crippen molar-refractivity contribution >= 4 is 41.2 Å². The predicted molar refractivity (Wildman–Crippen MR) is 150 cm³/mol. The van der Waals surface area contributed by atoms with Crippen LogP contribution in [0.4, 0.5) is 10.5 Å². The molecule has 39 heavy (non-hydrogen) atoms. The summed E-state index contributed by atoms with van der Waals surface area (Å²) >= 11 is 6.20. The second-order valence-corrected chi connectivity index (χ2v) is 9.35. The van der Waals surface area contributed by atoms with E-state index in [0.717, 1.165) is 17.1 Å².